The molecule has 1 rings (SSSR count). The minimum Gasteiger partial charge on any atom is -0.444 e. The van der Waals surface area contributed by atoms with E-state index in [1.165, 1.54) is 6.07 Å². The molecule has 0 aliphatic carbocycles. The Morgan fingerprint density at radius 3 is 2.48 bits per heavy atom. The van der Waals surface area contributed by atoms with Crippen LogP contribution in [-0.4, -0.2) is 56.3 Å². The van der Waals surface area contributed by atoms with Crippen molar-refractivity contribution in [3.05, 3.63) is 35.1 Å². The zero-order valence-electron chi connectivity index (χ0n) is 18.6. The Hall–Kier alpha value is -2.35. The first-order chi connectivity index (χ1) is 13.6. The number of hydrogen-bond donors (Lipinski definition) is 3. The molecule has 0 atom stereocenters. The highest BCUT2D eigenvalue weighted by Crippen LogP contribution is 2.13. The average Bonchev–Trinajstić information content (AvgIpc) is 2.59. The van der Waals surface area contributed by atoms with Gasteiger partial charge in [-0.3, -0.25) is 0 Å². The first-order valence-electron chi connectivity index (χ1n) is 10.0. The van der Waals surface area contributed by atoms with Gasteiger partial charge in [0.25, 0.3) is 0 Å². The summed E-state index contributed by atoms with van der Waals surface area (Å²) in [5, 5.41) is 9.15. The third-order valence-electron chi connectivity index (χ3n) is 3.67. The monoisotopic (exact) mass is 409 g/mol. The zero-order chi connectivity index (χ0) is 21.9. The van der Waals surface area contributed by atoms with Crippen molar-refractivity contribution in [3.63, 3.8) is 0 Å². The summed E-state index contributed by atoms with van der Waals surface area (Å²) in [6, 6.07) is 5.10. The van der Waals surface area contributed by atoms with Crippen LogP contribution in [0.25, 0.3) is 0 Å². The highest BCUT2D eigenvalue weighted by atomic mass is 19.1. The van der Waals surface area contributed by atoms with Crippen molar-refractivity contribution in [1.82, 2.24) is 20.9 Å². The third-order valence-corrected chi connectivity index (χ3v) is 3.67. The smallest absolute Gasteiger partial charge is 0.407 e. The second-order valence-electron chi connectivity index (χ2n) is 8.07. The summed E-state index contributed by atoms with van der Waals surface area (Å²) in [5.41, 5.74) is 1.11. The van der Waals surface area contributed by atoms with Gasteiger partial charge in [0.15, 0.2) is 5.96 Å². The summed E-state index contributed by atoms with van der Waals surface area (Å²) in [4.78, 5) is 18.1. The van der Waals surface area contributed by atoms with Gasteiger partial charge < -0.3 is 25.6 Å². The molecule has 0 heterocycles. The van der Waals surface area contributed by atoms with Crippen molar-refractivity contribution in [3.8, 4) is 0 Å². The fourth-order valence-electron chi connectivity index (χ4n) is 2.50. The number of halogens is 1. The SMILES string of the molecule is CCNC(=NCc1ccc(F)c(CN(C)C)c1)NCCCNC(=O)OC(C)(C)C. The number of hydrogen-bond acceptors (Lipinski definition) is 4. The van der Waals surface area contributed by atoms with Crippen molar-refractivity contribution in [2.45, 2.75) is 52.8 Å². The second kappa shape index (κ2) is 12.3. The number of rotatable bonds is 9. The molecule has 0 aromatic heterocycles. The minimum absolute atomic E-state index is 0.200. The van der Waals surface area contributed by atoms with Gasteiger partial charge in [0.2, 0.25) is 0 Å². The highest BCUT2D eigenvalue weighted by Gasteiger charge is 2.15. The lowest BCUT2D eigenvalue weighted by Crippen LogP contribution is -2.39. The number of nitrogens with zero attached hydrogens (tertiary/aromatic N) is 2. The van der Waals surface area contributed by atoms with Gasteiger partial charge in [0.05, 0.1) is 6.54 Å². The van der Waals surface area contributed by atoms with Crippen LogP contribution in [-0.2, 0) is 17.8 Å². The van der Waals surface area contributed by atoms with E-state index in [9.17, 15) is 9.18 Å². The van der Waals surface area contributed by atoms with E-state index < -0.39 is 11.7 Å². The van der Waals surface area contributed by atoms with Crippen LogP contribution in [0, 0.1) is 5.82 Å². The summed E-state index contributed by atoms with van der Waals surface area (Å²) in [6.07, 6.45) is 0.315. The van der Waals surface area contributed by atoms with Crippen LogP contribution in [0.4, 0.5) is 9.18 Å². The number of nitrogens with one attached hydrogen (secondary N) is 3. The lowest BCUT2D eigenvalue weighted by Gasteiger charge is -2.19. The van der Waals surface area contributed by atoms with E-state index in [2.05, 4.69) is 20.9 Å². The van der Waals surface area contributed by atoms with E-state index in [1.807, 2.05) is 52.8 Å². The molecule has 7 nitrogen and oxygen atoms in total. The average molecular weight is 410 g/mol. The molecule has 1 aromatic carbocycles. The summed E-state index contributed by atoms with van der Waals surface area (Å²) in [6.45, 7) is 10.4. The molecule has 29 heavy (non-hydrogen) atoms. The first-order valence-corrected chi connectivity index (χ1v) is 10.0. The highest BCUT2D eigenvalue weighted by molar-refractivity contribution is 5.79. The molecule has 0 saturated heterocycles. The molecule has 0 aliphatic rings. The van der Waals surface area contributed by atoms with Gasteiger partial charge >= 0.3 is 6.09 Å². The third kappa shape index (κ3) is 11.3. The number of benzene rings is 1. The minimum atomic E-state index is -0.500. The van der Waals surface area contributed by atoms with Gasteiger partial charge in [0.1, 0.15) is 11.4 Å². The van der Waals surface area contributed by atoms with E-state index in [1.54, 1.807) is 6.07 Å². The molecule has 1 aromatic rings. The maximum atomic E-state index is 13.9. The molecule has 8 heteroatoms. The van der Waals surface area contributed by atoms with Gasteiger partial charge in [-0.25, -0.2) is 14.2 Å². The molecule has 0 unspecified atom stereocenters. The van der Waals surface area contributed by atoms with Crippen LogP contribution in [0.5, 0.6) is 0 Å². The Kier molecular flexibility index (Phi) is 10.4. The largest absolute Gasteiger partial charge is 0.444 e. The van der Waals surface area contributed by atoms with Gasteiger partial charge in [-0.15, -0.1) is 0 Å². The molecule has 0 fully saturated rings. The number of guanidine groups is 1. The Morgan fingerprint density at radius 1 is 1.17 bits per heavy atom. The van der Waals surface area contributed by atoms with Gasteiger partial charge in [0, 0.05) is 31.7 Å². The van der Waals surface area contributed by atoms with Crippen LogP contribution in [0.2, 0.25) is 0 Å². The summed E-state index contributed by atoms with van der Waals surface area (Å²) in [5.74, 6) is 0.484. The number of amides is 1. The number of aliphatic imine (C=N–C) groups is 1. The summed E-state index contributed by atoms with van der Waals surface area (Å²) >= 11 is 0. The van der Waals surface area contributed by atoms with Crippen molar-refractivity contribution in [1.29, 1.82) is 0 Å². The van der Waals surface area contributed by atoms with E-state index >= 15 is 0 Å². The van der Waals surface area contributed by atoms with E-state index in [4.69, 9.17) is 4.74 Å². The predicted molar refractivity (Wildman–Crippen MR) is 115 cm³/mol. The maximum Gasteiger partial charge on any atom is 0.407 e. The van der Waals surface area contributed by atoms with Crippen molar-refractivity contribution >= 4 is 12.1 Å². The second-order valence-corrected chi connectivity index (χ2v) is 8.07. The number of alkyl carbamates (subject to hydrolysis) is 1. The van der Waals surface area contributed by atoms with E-state index in [0.29, 0.717) is 37.7 Å². The predicted octanol–water partition coefficient (Wildman–Crippen LogP) is 2.86. The molecule has 0 aliphatic heterocycles. The standard InChI is InChI=1S/C21H36FN5O2/c1-7-23-19(24-11-8-12-25-20(28)29-21(2,3)4)26-14-16-9-10-18(22)17(13-16)15-27(5)6/h9-10,13H,7-8,11-12,14-15H2,1-6H3,(H,25,28)(H2,23,24,26). The van der Waals surface area contributed by atoms with Crippen LogP contribution < -0.4 is 16.0 Å². The maximum absolute atomic E-state index is 13.9. The lowest BCUT2D eigenvalue weighted by atomic mass is 10.1. The lowest BCUT2D eigenvalue weighted by molar-refractivity contribution is 0.0527. The topological polar surface area (TPSA) is 78.0 Å². The fourth-order valence-corrected chi connectivity index (χ4v) is 2.50. The molecule has 3 N–H and O–H groups in total. The molecule has 0 spiro atoms. The van der Waals surface area contributed by atoms with Crippen LogP contribution in [0.1, 0.15) is 45.2 Å². The van der Waals surface area contributed by atoms with Crippen LogP contribution in [0.15, 0.2) is 23.2 Å². The fraction of sp³-hybridized carbons (Fsp3) is 0.619. The Bertz CT molecular complexity index is 672. The molecular formula is C21H36FN5O2. The van der Waals surface area contributed by atoms with Crippen LogP contribution in [0.3, 0.4) is 0 Å². The Morgan fingerprint density at radius 2 is 1.86 bits per heavy atom. The molecule has 164 valence electrons. The van der Waals surface area contributed by atoms with E-state index in [0.717, 1.165) is 18.5 Å². The van der Waals surface area contributed by atoms with Gasteiger partial charge in [-0.1, -0.05) is 6.07 Å². The number of carbonyl (C=O) groups is 1. The van der Waals surface area contributed by atoms with Crippen molar-refractivity contribution in [2.75, 3.05) is 33.7 Å². The Balaban J connectivity index is 2.50. The Labute approximate surface area is 174 Å². The molecule has 1 amide bonds. The summed E-state index contributed by atoms with van der Waals surface area (Å²) in [7, 11) is 3.82. The molecular weight excluding hydrogens is 373 g/mol. The zero-order valence-corrected chi connectivity index (χ0v) is 18.6. The first kappa shape index (κ1) is 24.7. The van der Waals surface area contributed by atoms with E-state index in [-0.39, 0.29) is 5.82 Å². The quantitative estimate of drug-likeness (QED) is 0.332. The molecule has 0 saturated carbocycles. The van der Waals surface area contributed by atoms with Crippen molar-refractivity contribution < 1.29 is 13.9 Å². The summed E-state index contributed by atoms with van der Waals surface area (Å²) < 4.78 is 19.1. The van der Waals surface area contributed by atoms with Gasteiger partial charge in [-0.2, -0.15) is 0 Å². The molecule has 0 bridgehead atoms. The normalized spacial score (nSPS) is 12.1. The number of carbonyl (C=O) groups excluding carboxylic acids is 1. The van der Waals surface area contributed by atoms with Crippen LogP contribution >= 0.6 is 0 Å². The number of ether oxygens (including phenoxy) is 1. The molecule has 0 radical (unpaired) electrons. The van der Waals surface area contributed by atoms with Crippen molar-refractivity contribution in [2.24, 2.45) is 4.99 Å². The van der Waals surface area contributed by atoms with Gasteiger partial charge in [-0.05, 0) is 65.9 Å².